The lowest BCUT2D eigenvalue weighted by Gasteiger charge is -2.11. The predicted molar refractivity (Wildman–Crippen MR) is 93.9 cm³/mol. The molecule has 0 aliphatic rings. The van der Waals surface area contributed by atoms with Gasteiger partial charge in [-0.15, -0.1) is 0 Å². The lowest BCUT2D eigenvalue weighted by molar-refractivity contribution is 0.0937. The molecule has 0 atom stereocenters. The molecule has 6 heteroatoms. The lowest BCUT2D eigenvalue weighted by atomic mass is 10.2. The van der Waals surface area contributed by atoms with Crippen molar-refractivity contribution in [1.82, 2.24) is 10.3 Å². The molecule has 2 N–H and O–H groups in total. The molecular weight excluding hydrogens is 306 g/mol. The second-order valence-electron chi connectivity index (χ2n) is 5.53. The fourth-order valence-electron chi connectivity index (χ4n) is 2.06. The normalized spacial score (nSPS) is 10.5. The van der Waals surface area contributed by atoms with Crippen molar-refractivity contribution in [2.24, 2.45) is 0 Å². The van der Waals surface area contributed by atoms with Crippen molar-refractivity contribution in [3.05, 3.63) is 48.3 Å². The van der Waals surface area contributed by atoms with Crippen molar-refractivity contribution in [2.45, 2.75) is 20.0 Å². The molecule has 0 unspecified atom stereocenters. The van der Waals surface area contributed by atoms with E-state index in [4.69, 9.17) is 9.47 Å². The van der Waals surface area contributed by atoms with Crippen LogP contribution in [0, 0.1) is 0 Å². The van der Waals surface area contributed by atoms with E-state index >= 15 is 0 Å². The molecule has 0 aliphatic heterocycles. The Labute approximate surface area is 142 Å². The Balaban J connectivity index is 1.99. The van der Waals surface area contributed by atoms with Crippen molar-refractivity contribution in [3.63, 3.8) is 0 Å². The van der Waals surface area contributed by atoms with E-state index in [-0.39, 0.29) is 12.0 Å². The molecule has 6 nitrogen and oxygen atoms in total. The van der Waals surface area contributed by atoms with Crippen LogP contribution >= 0.6 is 0 Å². The topological polar surface area (TPSA) is 72.5 Å². The van der Waals surface area contributed by atoms with Crippen LogP contribution in [-0.4, -0.2) is 37.3 Å². The van der Waals surface area contributed by atoms with Crippen LogP contribution in [0.2, 0.25) is 0 Å². The third kappa shape index (κ3) is 5.55. The van der Waals surface area contributed by atoms with Crippen molar-refractivity contribution in [3.8, 4) is 5.75 Å². The van der Waals surface area contributed by atoms with Gasteiger partial charge in [-0.2, -0.15) is 0 Å². The minimum atomic E-state index is -0.177. The van der Waals surface area contributed by atoms with Crippen LogP contribution in [0.5, 0.6) is 5.75 Å². The largest absolute Gasteiger partial charge is 0.491 e. The number of pyridine rings is 1. The first-order chi connectivity index (χ1) is 11.6. The molecular formula is C18H23N3O3. The first kappa shape index (κ1) is 17.7. The van der Waals surface area contributed by atoms with E-state index in [1.54, 1.807) is 19.4 Å². The number of amides is 1. The summed E-state index contributed by atoms with van der Waals surface area (Å²) in [7, 11) is 1.59. The van der Waals surface area contributed by atoms with Gasteiger partial charge in [0.05, 0.1) is 30.2 Å². The molecule has 0 radical (unpaired) electrons. The molecule has 0 saturated carbocycles. The summed E-state index contributed by atoms with van der Waals surface area (Å²) < 4.78 is 10.5. The highest BCUT2D eigenvalue weighted by Crippen LogP contribution is 2.20. The molecule has 0 saturated heterocycles. The molecule has 0 aliphatic carbocycles. The van der Waals surface area contributed by atoms with Crippen LogP contribution < -0.4 is 15.4 Å². The van der Waals surface area contributed by atoms with Gasteiger partial charge in [0.1, 0.15) is 5.75 Å². The highest BCUT2D eigenvalue weighted by Gasteiger charge is 2.07. The molecule has 2 rings (SSSR count). The summed E-state index contributed by atoms with van der Waals surface area (Å²) in [5.41, 5.74) is 2.13. The Morgan fingerprint density at radius 1 is 1.17 bits per heavy atom. The third-order valence-corrected chi connectivity index (χ3v) is 3.11. The number of hydrogen-bond donors (Lipinski definition) is 2. The summed E-state index contributed by atoms with van der Waals surface area (Å²) in [6, 6.07) is 9.40. The Hall–Kier alpha value is -2.60. The quantitative estimate of drug-likeness (QED) is 0.729. The highest BCUT2D eigenvalue weighted by molar-refractivity contribution is 5.94. The molecule has 0 spiro atoms. The van der Waals surface area contributed by atoms with Gasteiger partial charge < -0.3 is 20.1 Å². The van der Waals surface area contributed by atoms with Gasteiger partial charge in [-0.25, -0.2) is 0 Å². The fraction of sp³-hybridized carbons (Fsp3) is 0.333. The number of ether oxygens (including phenoxy) is 2. The Morgan fingerprint density at radius 2 is 1.92 bits per heavy atom. The molecule has 1 aromatic carbocycles. The first-order valence-corrected chi connectivity index (χ1v) is 7.84. The van der Waals surface area contributed by atoms with Gasteiger partial charge in [-0.3, -0.25) is 9.78 Å². The van der Waals surface area contributed by atoms with E-state index in [9.17, 15) is 4.79 Å². The van der Waals surface area contributed by atoms with Crippen LogP contribution in [0.3, 0.4) is 0 Å². The third-order valence-electron chi connectivity index (χ3n) is 3.11. The van der Waals surface area contributed by atoms with Gasteiger partial charge in [-0.05, 0) is 44.2 Å². The molecule has 1 amide bonds. The summed E-state index contributed by atoms with van der Waals surface area (Å²) in [5.74, 6) is 0.642. The first-order valence-electron chi connectivity index (χ1n) is 7.84. The van der Waals surface area contributed by atoms with Gasteiger partial charge in [0, 0.05) is 25.5 Å². The van der Waals surface area contributed by atoms with Gasteiger partial charge in [0.15, 0.2) is 0 Å². The van der Waals surface area contributed by atoms with Gasteiger partial charge in [0.2, 0.25) is 0 Å². The standard InChI is InChI=1S/C18H23N3O3/c1-13(2)24-17-6-4-15(5-7-17)21-16-10-14(11-19-12-16)18(22)20-8-9-23-3/h4-7,10-13,21H,8-9H2,1-3H3,(H,20,22). The zero-order valence-corrected chi connectivity index (χ0v) is 14.2. The van der Waals surface area contributed by atoms with Crippen molar-refractivity contribution in [1.29, 1.82) is 0 Å². The predicted octanol–water partition coefficient (Wildman–Crippen LogP) is 2.99. The average Bonchev–Trinajstić information content (AvgIpc) is 2.56. The molecule has 1 aromatic heterocycles. The van der Waals surface area contributed by atoms with Crippen LogP contribution in [0.25, 0.3) is 0 Å². The summed E-state index contributed by atoms with van der Waals surface area (Å²) in [4.78, 5) is 16.1. The SMILES string of the molecule is COCCNC(=O)c1cncc(Nc2ccc(OC(C)C)cc2)c1. The number of rotatable bonds is 8. The van der Waals surface area contributed by atoms with E-state index in [0.717, 1.165) is 17.1 Å². The van der Waals surface area contributed by atoms with Crippen LogP contribution in [-0.2, 0) is 4.74 Å². The minimum absolute atomic E-state index is 0.140. The number of nitrogens with zero attached hydrogens (tertiary/aromatic N) is 1. The average molecular weight is 329 g/mol. The maximum absolute atomic E-state index is 12.0. The molecule has 128 valence electrons. The lowest BCUT2D eigenvalue weighted by Crippen LogP contribution is -2.27. The molecule has 24 heavy (non-hydrogen) atoms. The number of carbonyl (C=O) groups excluding carboxylic acids is 1. The summed E-state index contributed by atoms with van der Waals surface area (Å²) in [6.07, 6.45) is 3.35. The maximum atomic E-state index is 12.0. The number of hydrogen-bond acceptors (Lipinski definition) is 5. The number of carbonyl (C=O) groups is 1. The van der Waals surface area contributed by atoms with Gasteiger partial charge >= 0.3 is 0 Å². The van der Waals surface area contributed by atoms with Crippen LogP contribution in [0.1, 0.15) is 24.2 Å². The van der Waals surface area contributed by atoms with E-state index in [1.165, 1.54) is 6.20 Å². The monoisotopic (exact) mass is 329 g/mol. The van der Waals surface area contributed by atoms with E-state index < -0.39 is 0 Å². The number of methoxy groups -OCH3 is 1. The van der Waals surface area contributed by atoms with Crippen molar-refractivity contribution in [2.75, 3.05) is 25.6 Å². The Bertz CT molecular complexity index is 657. The van der Waals surface area contributed by atoms with Crippen LogP contribution in [0.4, 0.5) is 11.4 Å². The number of nitrogens with one attached hydrogen (secondary N) is 2. The maximum Gasteiger partial charge on any atom is 0.253 e. The Morgan fingerprint density at radius 3 is 2.58 bits per heavy atom. The number of anilines is 2. The second-order valence-corrected chi connectivity index (χ2v) is 5.53. The van der Waals surface area contributed by atoms with Crippen LogP contribution in [0.15, 0.2) is 42.7 Å². The number of benzene rings is 1. The summed E-state index contributed by atoms with van der Waals surface area (Å²) >= 11 is 0. The molecule has 0 fully saturated rings. The summed E-state index contributed by atoms with van der Waals surface area (Å²) in [6.45, 7) is 4.91. The minimum Gasteiger partial charge on any atom is -0.491 e. The smallest absolute Gasteiger partial charge is 0.253 e. The highest BCUT2D eigenvalue weighted by atomic mass is 16.5. The van der Waals surface area contributed by atoms with E-state index in [2.05, 4.69) is 15.6 Å². The fourth-order valence-corrected chi connectivity index (χ4v) is 2.06. The summed E-state index contributed by atoms with van der Waals surface area (Å²) in [5, 5.41) is 5.99. The van der Waals surface area contributed by atoms with Crippen molar-refractivity contribution < 1.29 is 14.3 Å². The van der Waals surface area contributed by atoms with Gasteiger partial charge in [0.25, 0.3) is 5.91 Å². The second kappa shape index (κ2) is 8.88. The van der Waals surface area contributed by atoms with E-state index in [1.807, 2.05) is 38.1 Å². The van der Waals surface area contributed by atoms with Gasteiger partial charge in [-0.1, -0.05) is 0 Å². The zero-order chi connectivity index (χ0) is 17.4. The molecule has 1 heterocycles. The zero-order valence-electron chi connectivity index (χ0n) is 14.2. The Kier molecular flexibility index (Phi) is 6.57. The van der Waals surface area contributed by atoms with E-state index in [0.29, 0.717) is 18.7 Å². The molecule has 2 aromatic rings. The number of aromatic nitrogens is 1. The molecule has 0 bridgehead atoms. The van der Waals surface area contributed by atoms with Crippen molar-refractivity contribution >= 4 is 17.3 Å².